The summed E-state index contributed by atoms with van der Waals surface area (Å²) in [6.07, 6.45) is 1.97. The minimum Gasteiger partial charge on any atom is -0.489 e. The maximum atomic E-state index is 14.2. The Labute approximate surface area is 164 Å². The summed E-state index contributed by atoms with van der Waals surface area (Å²) in [7, 11) is 0. The first-order valence-corrected chi connectivity index (χ1v) is 9.53. The molecule has 2 atom stereocenters. The lowest BCUT2D eigenvalue weighted by Crippen LogP contribution is -2.25. The van der Waals surface area contributed by atoms with Crippen LogP contribution in [0.5, 0.6) is 11.6 Å². The van der Waals surface area contributed by atoms with Crippen molar-refractivity contribution in [2.75, 3.05) is 24.6 Å². The van der Waals surface area contributed by atoms with E-state index >= 15 is 0 Å². The second kappa shape index (κ2) is 8.91. The van der Waals surface area contributed by atoms with Crippen molar-refractivity contribution in [3.05, 3.63) is 47.9 Å². The molecule has 1 aromatic carbocycles. The van der Waals surface area contributed by atoms with Gasteiger partial charge in [-0.3, -0.25) is 4.79 Å². The number of ether oxygens (including phenoxy) is 2. The molecular formula is C21H26FN3O3. The highest BCUT2D eigenvalue weighted by Gasteiger charge is 2.26. The number of amides is 1. The van der Waals surface area contributed by atoms with Gasteiger partial charge in [0.1, 0.15) is 11.9 Å². The number of rotatable bonds is 7. The van der Waals surface area contributed by atoms with Gasteiger partial charge in [0.05, 0.1) is 31.1 Å². The fourth-order valence-electron chi connectivity index (χ4n) is 3.34. The van der Waals surface area contributed by atoms with Crippen molar-refractivity contribution in [3.8, 4) is 11.6 Å². The minimum atomic E-state index is -0.361. The van der Waals surface area contributed by atoms with Gasteiger partial charge in [0.15, 0.2) is 5.82 Å². The Morgan fingerprint density at radius 1 is 1.39 bits per heavy atom. The topological polar surface area (TPSA) is 63.7 Å². The quantitative estimate of drug-likeness (QED) is 0.788. The summed E-state index contributed by atoms with van der Waals surface area (Å²) in [5, 5.41) is 2.86. The van der Waals surface area contributed by atoms with Gasteiger partial charge < -0.3 is 19.7 Å². The highest BCUT2D eigenvalue weighted by atomic mass is 19.1. The predicted octanol–water partition coefficient (Wildman–Crippen LogP) is 3.47. The summed E-state index contributed by atoms with van der Waals surface area (Å²) >= 11 is 0. The third-order valence-corrected chi connectivity index (χ3v) is 4.69. The average molecular weight is 387 g/mol. The van der Waals surface area contributed by atoms with E-state index in [1.165, 1.54) is 13.1 Å². The minimum absolute atomic E-state index is 0.0262. The number of benzene rings is 1. The second-order valence-electron chi connectivity index (χ2n) is 6.87. The molecule has 0 aliphatic carbocycles. The second-order valence-corrected chi connectivity index (χ2v) is 6.87. The largest absolute Gasteiger partial charge is 0.489 e. The molecule has 150 valence electrons. The molecule has 6 nitrogen and oxygen atoms in total. The van der Waals surface area contributed by atoms with Crippen LogP contribution in [0.4, 0.5) is 10.1 Å². The Morgan fingerprint density at radius 2 is 2.14 bits per heavy atom. The molecule has 0 radical (unpaired) electrons. The summed E-state index contributed by atoms with van der Waals surface area (Å²) in [6.45, 7) is 7.09. The van der Waals surface area contributed by atoms with Crippen LogP contribution in [0.15, 0.2) is 36.5 Å². The first-order valence-electron chi connectivity index (χ1n) is 9.53. The summed E-state index contributed by atoms with van der Waals surface area (Å²) in [6, 6.07) is 9.27. The lowest BCUT2D eigenvalue weighted by molar-refractivity contribution is -0.119. The number of hydrogen-bond acceptors (Lipinski definition) is 5. The Morgan fingerprint density at radius 3 is 2.82 bits per heavy atom. The Hall–Kier alpha value is -2.83. The maximum Gasteiger partial charge on any atom is 0.217 e. The van der Waals surface area contributed by atoms with Gasteiger partial charge in [0.2, 0.25) is 11.8 Å². The van der Waals surface area contributed by atoms with Crippen LogP contribution < -0.4 is 19.7 Å². The smallest absolute Gasteiger partial charge is 0.217 e. The number of anilines is 1. The molecule has 1 aliphatic rings. The molecule has 0 spiro atoms. The highest BCUT2D eigenvalue weighted by Crippen LogP contribution is 2.28. The van der Waals surface area contributed by atoms with Crippen LogP contribution in [0.2, 0.25) is 0 Å². The van der Waals surface area contributed by atoms with E-state index in [0.29, 0.717) is 31.3 Å². The van der Waals surface area contributed by atoms with E-state index in [-0.39, 0.29) is 23.9 Å². The van der Waals surface area contributed by atoms with Crippen molar-refractivity contribution >= 4 is 11.6 Å². The molecule has 28 heavy (non-hydrogen) atoms. The molecule has 1 unspecified atom stereocenters. The molecule has 1 N–H and O–H groups in total. The van der Waals surface area contributed by atoms with Crippen LogP contribution in [0.25, 0.3) is 0 Å². The van der Waals surface area contributed by atoms with Crippen LogP contribution in [-0.2, 0) is 4.79 Å². The third kappa shape index (κ3) is 4.91. The van der Waals surface area contributed by atoms with Gasteiger partial charge in [-0.15, -0.1) is 0 Å². The number of pyridine rings is 1. The first kappa shape index (κ1) is 19.9. The van der Waals surface area contributed by atoms with Crippen molar-refractivity contribution in [1.82, 2.24) is 10.3 Å². The molecule has 7 heteroatoms. The number of halogens is 1. The van der Waals surface area contributed by atoms with Crippen molar-refractivity contribution in [3.63, 3.8) is 0 Å². The highest BCUT2D eigenvalue weighted by molar-refractivity contribution is 5.73. The van der Waals surface area contributed by atoms with E-state index in [0.717, 1.165) is 17.7 Å². The summed E-state index contributed by atoms with van der Waals surface area (Å²) in [5.41, 5.74) is 1.50. The van der Waals surface area contributed by atoms with Gasteiger partial charge in [-0.1, -0.05) is 12.1 Å². The third-order valence-electron chi connectivity index (χ3n) is 4.69. The van der Waals surface area contributed by atoms with Crippen LogP contribution in [0.3, 0.4) is 0 Å². The fourth-order valence-corrected chi connectivity index (χ4v) is 3.34. The van der Waals surface area contributed by atoms with E-state index in [1.807, 2.05) is 43.0 Å². The van der Waals surface area contributed by atoms with E-state index in [9.17, 15) is 9.18 Å². The van der Waals surface area contributed by atoms with E-state index in [1.54, 1.807) is 6.07 Å². The number of nitrogens with one attached hydrogen (secondary N) is 1. The first-order chi connectivity index (χ1) is 13.5. The number of carbonyl (C=O) groups is 1. The van der Waals surface area contributed by atoms with Crippen LogP contribution in [0, 0.1) is 5.82 Å². The standard InChI is InChI=1S/C21H26FN3O3/c1-4-27-21-11-20(19(22)12-23-21)25-10-9-18(13-25)28-17-7-5-16(6-8-17)14(2)24-15(3)26/h5-8,11-12,14,18H,4,9-10,13H2,1-3H3,(H,24,26)/t14-,18?/m0/s1. The van der Waals surface area contributed by atoms with Crippen LogP contribution in [0.1, 0.15) is 38.8 Å². The molecule has 0 saturated carbocycles. The zero-order valence-corrected chi connectivity index (χ0v) is 16.4. The lowest BCUT2D eigenvalue weighted by Gasteiger charge is -2.20. The molecule has 1 saturated heterocycles. The van der Waals surface area contributed by atoms with Crippen LogP contribution in [-0.4, -0.2) is 36.7 Å². The summed E-state index contributed by atoms with van der Waals surface area (Å²) < 4.78 is 25.6. The monoisotopic (exact) mass is 387 g/mol. The predicted molar refractivity (Wildman–Crippen MR) is 105 cm³/mol. The molecule has 3 rings (SSSR count). The average Bonchev–Trinajstić information content (AvgIpc) is 3.12. The van der Waals surface area contributed by atoms with Gasteiger partial charge in [-0.25, -0.2) is 9.37 Å². The SMILES string of the molecule is CCOc1cc(N2CCC(Oc3ccc([C@H](C)NC(C)=O)cc3)C2)c(F)cn1. The summed E-state index contributed by atoms with van der Waals surface area (Å²) in [5.74, 6) is 0.762. The van der Waals surface area contributed by atoms with Crippen LogP contribution >= 0.6 is 0 Å². The van der Waals surface area contributed by atoms with E-state index in [2.05, 4.69) is 10.3 Å². The molecule has 2 aromatic rings. The van der Waals surface area contributed by atoms with Crippen molar-refractivity contribution in [2.24, 2.45) is 0 Å². The fraction of sp³-hybridized carbons (Fsp3) is 0.429. The maximum absolute atomic E-state index is 14.2. The lowest BCUT2D eigenvalue weighted by atomic mass is 10.1. The van der Waals surface area contributed by atoms with Gasteiger partial charge >= 0.3 is 0 Å². The van der Waals surface area contributed by atoms with Crippen molar-refractivity contribution < 1.29 is 18.7 Å². The molecule has 1 aliphatic heterocycles. The Balaban J connectivity index is 1.60. The molecule has 0 bridgehead atoms. The normalized spacial score (nSPS) is 17.3. The molecule has 1 amide bonds. The molecule has 1 aromatic heterocycles. The molecular weight excluding hydrogens is 361 g/mol. The Kier molecular flexibility index (Phi) is 6.34. The molecule has 2 heterocycles. The van der Waals surface area contributed by atoms with Gasteiger partial charge in [-0.05, 0) is 31.5 Å². The van der Waals surface area contributed by atoms with Crippen molar-refractivity contribution in [1.29, 1.82) is 0 Å². The van der Waals surface area contributed by atoms with E-state index in [4.69, 9.17) is 9.47 Å². The summed E-state index contributed by atoms with van der Waals surface area (Å²) in [4.78, 5) is 17.1. The number of hydrogen-bond donors (Lipinski definition) is 1. The molecule has 1 fully saturated rings. The van der Waals surface area contributed by atoms with E-state index < -0.39 is 0 Å². The zero-order chi connectivity index (χ0) is 20.1. The number of aromatic nitrogens is 1. The van der Waals surface area contributed by atoms with Gasteiger partial charge in [0.25, 0.3) is 0 Å². The Bertz CT molecular complexity index is 813. The van der Waals surface area contributed by atoms with Gasteiger partial charge in [0, 0.05) is 26.0 Å². The van der Waals surface area contributed by atoms with Crippen molar-refractivity contribution in [2.45, 2.75) is 39.3 Å². The zero-order valence-electron chi connectivity index (χ0n) is 16.4. The number of nitrogens with zero attached hydrogens (tertiary/aromatic N) is 2. The number of carbonyl (C=O) groups excluding carboxylic acids is 1. The van der Waals surface area contributed by atoms with Gasteiger partial charge in [-0.2, -0.15) is 0 Å².